The lowest BCUT2D eigenvalue weighted by Crippen LogP contribution is -1.78. The first kappa shape index (κ1) is 6.86. The largest absolute Gasteiger partial charge is 0.192 e. The fourth-order valence-electron chi connectivity index (χ4n) is 1.18. The fourth-order valence-corrected chi connectivity index (χ4v) is 1.18. The van der Waals surface area contributed by atoms with Gasteiger partial charge in [0.15, 0.2) is 0 Å². The number of nitriles is 1. The molecule has 2 aromatic rings. The Morgan fingerprint density at radius 1 is 1.33 bits per heavy atom. The number of hydrogen-bond acceptors (Lipinski definition) is 1. The molecule has 3 heteroatoms. The Balaban J connectivity index is 2.80. The monoisotopic (exact) mass is 160 g/mol. The van der Waals surface area contributed by atoms with Crippen LogP contribution in [-0.4, -0.2) is 4.79 Å². The molecule has 1 aromatic carbocycles. The first-order valence-corrected chi connectivity index (χ1v) is 3.48. The Bertz CT molecular complexity index is 465. The minimum atomic E-state index is 0.494. The molecule has 0 radical (unpaired) electrons. The van der Waals surface area contributed by atoms with Crippen molar-refractivity contribution in [2.24, 2.45) is 0 Å². The molecule has 2 nitrogen and oxygen atoms in total. The molecule has 0 unspecified atom stereocenters. The summed E-state index contributed by atoms with van der Waals surface area (Å²) in [6.07, 6.45) is 1.33. The molecular weight excluding hydrogens is 155 g/mol. The van der Waals surface area contributed by atoms with Crippen molar-refractivity contribution in [1.29, 1.82) is 5.26 Å². The second-order valence-corrected chi connectivity index (χ2v) is 2.51. The van der Waals surface area contributed by atoms with E-state index in [4.69, 9.17) is 5.26 Å². The minimum absolute atomic E-state index is 0.494. The van der Waals surface area contributed by atoms with E-state index in [0.29, 0.717) is 15.9 Å². The number of rotatable bonds is 0. The van der Waals surface area contributed by atoms with Gasteiger partial charge in [-0.2, -0.15) is 10.1 Å². The summed E-state index contributed by atoms with van der Waals surface area (Å²) in [5.74, 6) is 0. The summed E-state index contributed by atoms with van der Waals surface area (Å²) >= 11 is 0. The highest BCUT2D eigenvalue weighted by Gasteiger charge is 1.99. The molecular formula is C9H5FN2. The molecule has 58 valence electrons. The van der Waals surface area contributed by atoms with Crippen LogP contribution in [0.3, 0.4) is 0 Å². The second-order valence-electron chi connectivity index (χ2n) is 2.51. The highest BCUT2D eigenvalue weighted by molar-refractivity contribution is 5.81. The zero-order valence-electron chi connectivity index (χ0n) is 6.16. The summed E-state index contributed by atoms with van der Waals surface area (Å²) in [6, 6.07) is 8.48. The average molecular weight is 160 g/mol. The van der Waals surface area contributed by atoms with E-state index in [2.05, 4.69) is 0 Å². The number of halogens is 1. The van der Waals surface area contributed by atoms with Crippen LogP contribution in [0.1, 0.15) is 5.56 Å². The highest BCUT2D eigenvalue weighted by Crippen LogP contribution is 2.16. The molecule has 0 amide bonds. The van der Waals surface area contributed by atoms with Gasteiger partial charge in [0.1, 0.15) is 0 Å². The molecule has 0 atom stereocenters. The predicted octanol–water partition coefficient (Wildman–Crippen LogP) is 2.25. The maximum absolute atomic E-state index is 12.8. The van der Waals surface area contributed by atoms with Gasteiger partial charge in [-0.05, 0) is 24.3 Å². The van der Waals surface area contributed by atoms with Crippen molar-refractivity contribution in [2.45, 2.75) is 0 Å². The van der Waals surface area contributed by atoms with Crippen LogP contribution in [0.5, 0.6) is 0 Å². The van der Waals surface area contributed by atoms with Gasteiger partial charge in [-0.1, -0.05) is 4.48 Å². The average Bonchev–Trinajstić information content (AvgIpc) is 2.47. The standard InChI is InChI=1S/C9H5FN2/c10-12-4-3-8-5-7(6-11)1-2-9(8)12/h1-5H. The van der Waals surface area contributed by atoms with E-state index in [1.54, 1.807) is 24.3 Å². The summed E-state index contributed by atoms with van der Waals surface area (Å²) in [6.45, 7) is 0. The molecule has 0 aliphatic rings. The predicted molar refractivity (Wildman–Crippen MR) is 43.2 cm³/mol. The lowest BCUT2D eigenvalue weighted by molar-refractivity contribution is 0.388. The number of hydrogen-bond donors (Lipinski definition) is 0. The maximum Gasteiger partial charge on any atom is 0.0991 e. The normalized spacial score (nSPS) is 10.0. The van der Waals surface area contributed by atoms with Crippen molar-refractivity contribution in [2.75, 3.05) is 0 Å². The molecule has 0 spiro atoms. The van der Waals surface area contributed by atoms with Crippen LogP contribution >= 0.6 is 0 Å². The van der Waals surface area contributed by atoms with Crippen molar-refractivity contribution in [1.82, 2.24) is 4.79 Å². The van der Waals surface area contributed by atoms with Crippen molar-refractivity contribution in [3.63, 3.8) is 0 Å². The van der Waals surface area contributed by atoms with Gasteiger partial charge in [-0.15, -0.1) is 0 Å². The molecule has 0 saturated heterocycles. The van der Waals surface area contributed by atoms with Crippen LogP contribution in [0.4, 0.5) is 4.48 Å². The third kappa shape index (κ3) is 0.857. The van der Waals surface area contributed by atoms with Gasteiger partial charge in [-0.3, -0.25) is 0 Å². The van der Waals surface area contributed by atoms with Gasteiger partial charge in [-0.25, -0.2) is 0 Å². The molecule has 2 rings (SSSR count). The highest BCUT2D eigenvalue weighted by atomic mass is 19.2. The molecule has 0 aliphatic heterocycles. The van der Waals surface area contributed by atoms with Crippen LogP contribution in [0.2, 0.25) is 0 Å². The SMILES string of the molecule is N#Cc1ccc2c(ccn2F)c1. The van der Waals surface area contributed by atoms with Crippen LogP contribution in [0, 0.1) is 11.3 Å². The van der Waals surface area contributed by atoms with Crippen LogP contribution in [0.25, 0.3) is 10.9 Å². The second kappa shape index (κ2) is 2.35. The quantitative estimate of drug-likeness (QED) is 0.581. The third-order valence-corrected chi connectivity index (χ3v) is 1.77. The molecule has 1 heterocycles. The first-order chi connectivity index (χ1) is 5.81. The Hall–Kier alpha value is -1.82. The Morgan fingerprint density at radius 2 is 2.17 bits per heavy atom. The van der Waals surface area contributed by atoms with E-state index in [1.165, 1.54) is 6.20 Å². The molecule has 0 bridgehead atoms. The first-order valence-electron chi connectivity index (χ1n) is 3.48. The number of aromatic nitrogens is 1. The van der Waals surface area contributed by atoms with Gasteiger partial charge in [0.2, 0.25) is 0 Å². The van der Waals surface area contributed by atoms with Gasteiger partial charge in [0.25, 0.3) is 0 Å². The van der Waals surface area contributed by atoms with Crippen LogP contribution in [0.15, 0.2) is 30.5 Å². The van der Waals surface area contributed by atoms with E-state index in [9.17, 15) is 4.48 Å². The summed E-state index contributed by atoms with van der Waals surface area (Å²) in [4.78, 5) is 0.538. The number of nitrogens with zero attached hydrogens (tertiary/aromatic N) is 2. The van der Waals surface area contributed by atoms with Gasteiger partial charge in [0, 0.05) is 11.6 Å². The Kier molecular flexibility index (Phi) is 1.34. The van der Waals surface area contributed by atoms with Gasteiger partial charge in [0.05, 0.1) is 17.1 Å². The smallest absolute Gasteiger partial charge is 0.0991 e. The lowest BCUT2D eigenvalue weighted by atomic mass is 10.2. The van der Waals surface area contributed by atoms with Gasteiger partial charge < -0.3 is 0 Å². The minimum Gasteiger partial charge on any atom is -0.192 e. The third-order valence-electron chi connectivity index (χ3n) is 1.77. The van der Waals surface area contributed by atoms with E-state index in [-0.39, 0.29) is 0 Å². The summed E-state index contributed by atoms with van der Waals surface area (Å²) in [7, 11) is 0. The summed E-state index contributed by atoms with van der Waals surface area (Å²) < 4.78 is 12.8. The fraction of sp³-hybridized carbons (Fsp3) is 0. The zero-order chi connectivity index (χ0) is 8.55. The molecule has 0 N–H and O–H groups in total. The van der Waals surface area contributed by atoms with Crippen molar-refractivity contribution < 1.29 is 4.48 Å². The Morgan fingerprint density at radius 3 is 2.92 bits per heavy atom. The molecule has 0 fully saturated rings. The molecule has 1 aromatic heterocycles. The van der Waals surface area contributed by atoms with E-state index in [1.807, 2.05) is 6.07 Å². The Labute approximate surface area is 68.4 Å². The van der Waals surface area contributed by atoms with E-state index >= 15 is 0 Å². The van der Waals surface area contributed by atoms with Crippen molar-refractivity contribution in [3.05, 3.63) is 36.0 Å². The zero-order valence-corrected chi connectivity index (χ0v) is 6.16. The number of benzene rings is 1. The molecule has 12 heavy (non-hydrogen) atoms. The van der Waals surface area contributed by atoms with Crippen molar-refractivity contribution >= 4 is 10.9 Å². The number of fused-ring (bicyclic) bond motifs is 1. The maximum atomic E-state index is 12.8. The van der Waals surface area contributed by atoms with Crippen molar-refractivity contribution in [3.8, 4) is 6.07 Å². The summed E-state index contributed by atoms with van der Waals surface area (Å²) in [5.41, 5.74) is 1.04. The lowest BCUT2D eigenvalue weighted by Gasteiger charge is -1.91. The van der Waals surface area contributed by atoms with Gasteiger partial charge >= 0.3 is 0 Å². The molecule has 0 aliphatic carbocycles. The topological polar surface area (TPSA) is 28.7 Å². The molecule has 0 saturated carbocycles. The summed E-state index contributed by atoms with van der Waals surface area (Å²) in [5, 5.41) is 9.30. The van der Waals surface area contributed by atoms with Crippen LogP contribution < -0.4 is 0 Å². The van der Waals surface area contributed by atoms with Crippen LogP contribution in [-0.2, 0) is 0 Å². The van der Waals surface area contributed by atoms with E-state index < -0.39 is 0 Å². The van der Waals surface area contributed by atoms with E-state index in [0.717, 1.165) is 5.39 Å².